The molecule has 2 aromatic rings. The molecular weight excluding hydrogens is 230 g/mol. The van der Waals surface area contributed by atoms with Crippen LogP contribution in [0.5, 0.6) is 0 Å². The first kappa shape index (κ1) is 12.6. The average molecular weight is 247 g/mol. The molecule has 2 heterocycles. The highest BCUT2D eigenvalue weighted by atomic mass is 16.4. The smallest absolute Gasteiger partial charge is 0.304 e. The van der Waals surface area contributed by atoms with Crippen LogP contribution in [0.4, 0.5) is 0 Å². The largest absolute Gasteiger partial charge is 0.481 e. The van der Waals surface area contributed by atoms with Crippen molar-refractivity contribution in [1.29, 1.82) is 0 Å². The molecule has 0 spiro atoms. The van der Waals surface area contributed by atoms with E-state index in [-0.39, 0.29) is 12.3 Å². The van der Waals surface area contributed by atoms with Gasteiger partial charge < -0.3 is 15.2 Å². The summed E-state index contributed by atoms with van der Waals surface area (Å²) in [7, 11) is 0. The molecule has 0 saturated heterocycles. The maximum atomic E-state index is 11.0. The van der Waals surface area contributed by atoms with Gasteiger partial charge in [0, 0.05) is 23.9 Å². The molecule has 0 aliphatic carbocycles. The Labute approximate surface area is 105 Å². The Balaban J connectivity index is 2.44. The van der Waals surface area contributed by atoms with Gasteiger partial charge in [-0.3, -0.25) is 4.79 Å². The molecule has 0 fully saturated rings. The molecule has 18 heavy (non-hydrogen) atoms. The van der Waals surface area contributed by atoms with E-state index in [1.807, 2.05) is 48.8 Å². The first-order valence-electron chi connectivity index (χ1n) is 5.82. The van der Waals surface area contributed by atoms with Crippen molar-refractivity contribution in [3.63, 3.8) is 0 Å². The number of aliphatic carboxylic acids is 1. The van der Waals surface area contributed by atoms with Crippen LogP contribution >= 0.6 is 0 Å². The second-order valence-electron chi connectivity index (χ2n) is 5.10. The van der Waals surface area contributed by atoms with Crippen molar-refractivity contribution in [3.8, 4) is 0 Å². The van der Waals surface area contributed by atoms with Crippen LogP contribution in [0.3, 0.4) is 0 Å². The van der Waals surface area contributed by atoms with Gasteiger partial charge in [-0.05, 0) is 26.0 Å². The fourth-order valence-electron chi connectivity index (χ4n) is 2.05. The summed E-state index contributed by atoms with van der Waals surface area (Å²) in [6, 6.07) is 5.68. The lowest BCUT2D eigenvalue weighted by Gasteiger charge is -2.27. The normalized spacial score (nSPS) is 13.7. The van der Waals surface area contributed by atoms with E-state index in [9.17, 15) is 4.79 Å². The maximum Gasteiger partial charge on any atom is 0.304 e. The monoisotopic (exact) mass is 247 g/mol. The van der Waals surface area contributed by atoms with Crippen molar-refractivity contribution < 1.29 is 9.90 Å². The van der Waals surface area contributed by atoms with E-state index < -0.39 is 11.5 Å². The van der Waals surface area contributed by atoms with Gasteiger partial charge in [0.05, 0.1) is 12.1 Å². The van der Waals surface area contributed by atoms with Gasteiger partial charge in [0.1, 0.15) is 5.65 Å². The van der Waals surface area contributed by atoms with Crippen LogP contribution in [0.15, 0.2) is 30.6 Å². The van der Waals surface area contributed by atoms with Crippen molar-refractivity contribution in [3.05, 3.63) is 36.3 Å². The molecule has 2 aromatic heterocycles. The minimum absolute atomic E-state index is 0.0205. The van der Waals surface area contributed by atoms with Gasteiger partial charge >= 0.3 is 5.97 Å². The number of fused-ring (bicyclic) bond motifs is 1. The molecule has 0 aromatic carbocycles. The molecule has 0 saturated carbocycles. The molecule has 1 atom stereocenters. The van der Waals surface area contributed by atoms with Gasteiger partial charge in [0.15, 0.2) is 0 Å². The van der Waals surface area contributed by atoms with Crippen LogP contribution in [0.2, 0.25) is 0 Å². The standard InChI is InChI=1S/C13H17N3O2/c1-13(2,14)9(7-12(17)18)10-8-16-6-4-3-5-11(16)15-10/h3-6,8-9H,7,14H2,1-2H3,(H,17,18). The van der Waals surface area contributed by atoms with Gasteiger partial charge in [-0.1, -0.05) is 6.07 Å². The highest BCUT2D eigenvalue weighted by molar-refractivity contribution is 5.68. The Kier molecular flexibility index (Phi) is 3.09. The van der Waals surface area contributed by atoms with Crippen molar-refractivity contribution in [2.75, 3.05) is 0 Å². The van der Waals surface area contributed by atoms with E-state index in [1.54, 1.807) is 0 Å². The number of hydrogen-bond acceptors (Lipinski definition) is 3. The first-order chi connectivity index (χ1) is 8.38. The van der Waals surface area contributed by atoms with Crippen LogP contribution in [-0.2, 0) is 4.79 Å². The van der Waals surface area contributed by atoms with Crippen molar-refractivity contribution in [2.45, 2.75) is 31.7 Å². The van der Waals surface area contributed by atoms with E-state index in [0.29, 0.717) is 0 Å². The number of nitrogens with zero attached hydrogens (tertiary/aromatic N) is 2. The Morgan fingerprint density at radius 3 is 2.83 bits per heavy atom. The molecule has 0 bridgehead atoms. The molecule has 0 aliphatic rings. The third kappa shape index (κ3) is 2.51. The van der Waals surface area contributed by atoms with Crippen molar-refractivity contribution in [2.24, 2.45) is 5.73 Å². The predicted octanol–water partition coefficient (Wildman–Crippen LogP) is 1.63. The first-order valence-corrected chi connectivity index (χ1v) is 5.82. The number of hydrogen-bond donors (Lipinski definition) is 2. The number of pyridine rings is 1. The highest BCUT2D eigenvalue weighted by Crippen LogP contribution is 2.29. The predicted molar refractivity (Wildman–Crippen MR) is 68.5 cm³/mol. The van der Waals surface area contributed by atoms with Gasteiger partial charge in [0.25, 0.3) is 0 Å². The molecule has 0 aliphatic heterocycles. The van der Waals surface area contributed by atoms with Crippen LogP contribution in [-0.4, -0.2) is 26.0 Å². The van der Waals surface area contributed by atoms with Gasteiger partial charge in [-0.15, -0.1) is 0 Å². The maximum absolute atomic E-state index is 11.0. The van der Waals surface area contributed by atoms with E-state index in [4.69, 9.17) is 10.8 Å². The zero-order valence-corrected chi connectivity index (χ0v) is 10.5. The Morgan fingerprint density at radius 1 is 1.56 bits per heavy atom. The van der Waals surface area contributed by atoms with Gasteiger partial charge in [-0.2, -0.15) is 0 Å². The Hall–Kier alpha value is -1.88. The number of nitrogens with two attached hydrogens (primary N) is 1. The summed E-state index contributed by atoms with van der Waals surface area (Å²) < 4.78 is 1.87. The SMILES string of the molecule is CC(C)(N)C(CC(=O)O)c1cn2ccccc2n1. The fraction of sp³-hybridized carbons (Fsp3) is 0.385. The summed E-state index contributed by atoms with van der Waals surface area (Å²) in [6.45, 7) is 3.65. The number of aromatic nitrogens is 2. The average Bonchev–Trinajstić information content (AvgIpc) is 2.67. The molecule has 5 heteroatoms. The number of carbonyl (C=O) groups is 1. The lowest BCUT2D eigenvalue weighted by Crippen LogP contribution is -2.40. The summed E-state index contributed by atoms with van der Waals surface area (Å²) in [6.07, 6.45) is 3.71. The summed E-state index contributed by atoms with van der Waals surface area (Å²) in [5.74, 6) is -1.18. The number of carboxylic acid groups (broad SMARTS) is 1. The topological polar surface area (TPSA) is 80.6 Å². The zero-order chi connectivity index (χ0) is 13.3. The van der Waals surface area contributed by atoms with E-state index in [0.717, 1.165) is 11.3 Å². The third-order valence-corrected chi connectivity index (χ3v) is 3.02. The number of rotatable bonds is 4. The van der Waals surface area contributed by atoms with Crippen molar-refractivity contribution in [1.82, 2.24) is 9.38 Å². The molecular formula is C13H17N3O2. The summed E-state index contributed by atoms with van der Waals surface area (Å²) in [5, 5.41) is 8.99. The van der Waals surface area contributed by atoms with Crippen molar-refractivity contribution >= 4 is 11.6 Å². The van der Waals surface area contributed by atoms with Gasteiger partial charge in [0.2, 0.25) is 0 Å². The fourth-order valence-corrected chi connectivity index (χ4v) is 2.05. The molecule has 0 amide bonds. The second-order valence-corrected chi connectivity index (χ2v) is 5.10. The lowest BCUT2D eigenvalue weighted by atomic mass is 9.83. The zero-order valence-electron chi connectivity index (χ0n) is 10.5. The summed E-state index contributed by atoms with van der Waals surface area (Å²) >= 11 is 0. The molecule has 3 N–H and O–H groups in total. The minimum atomic E-state index is -0.865. The third-order valence-electron chi connectivity index (χ3n) is 3.02. The quantitative estimate of drug-likeness (QED) is 0.860. The second kappa shape index (κ2) is 4.42. The summed E-state index contributed by atoms with van der Waals surface area (Å²) in [4.78, 5) is 15.4. The lowest BCUT2D eigenvalue weighted by molar-refractivity contribution is -0.137. The minimum Gasteiger partial charge on any atom is -0.481 e. The molecule has 5 nitrogen and oxygen atoms in total. The van der Waals surface area contributed by atoms with Crippen LogP contribution in [0.1, 0.15) is 31.9 Å². The molecule has 96 valence electrons. The summed E-state index contributed by atoms with van der Waals surface area (Å²) in [5.41, 5.74) is 6.96. The Morgan fingerprint density at radius 2 is 2.28 bits per heavy atom. The van der Waals surface area contributed by atoms with E-state index in [2.05, 4.69) is 4.98 Å². The van der Waals surface area contributed by atoms with Crippen LogP contribution < -0.4 is 5.73 Å². The van der Waals surface area contributed by atoms with E-state index in [1.165, 1.54) is 0 Å². The van der Waals surface area contributed by atoms with Gasteiger partial charge in [-0.25, -0.2) is 4.98 Å². The van der Waals surface area contributed by atoms with Crippen LogP contribution in [0, 0.1) is 0 Å². The molecule has 0 radical (unpaired) electrons. The number of carboxylic acids is 1. The van der Waals surface area contributed by atoms with Crippen LogP contribution in [0.25, 0.3) is 5.65 Å². The number of imidazole rings is 1. The van der Waals surface area contributed by atoms with E-state index >= 15 is 0 Å². The molecule has 1 unspecified atom stereocenters. The highest BCUT2D eigenvalue weighted by Gasteiger charge is 2.31. The molecule has 2 rings (SSSR count). The Bertz CT molecular complexity index is 536.